The molecule has 2 rings (SSSR count). The fourth-order valence-electron chi connectivity index (χ4n) is 1.96. The molecule has 0 unspecified atom stereocenters. The third-order valence-corrected chi connectivity index (χ3v) is 2.77. The van der Waals surface area contributed by atoms with Crippen molar-refractivity contribution in [2.24, 2.45) is 0 Å². The molecule has 0 saturated carbocycles. The Balaban J connectivity index is 2.66. The molecule has 0 aliphatic rings. The number of anilines is 1. The van der Waals surface area contributed by atoms with Gasteiger partial charge in [-0.15, -0.1) is 0 Å². The Morgan fingerprint density at radius 1 is 1.25 bits per heavy atom. The highest BCUT2D eigenvalue weighted by atomic mass is 19.3. The van der Waals surface area contributed by atoms with E-state index in [9.17, 15) is 13.2 Å². The van der Waals surface area contributed by atoms with Gasteiger partial charge in [0.25, 0.3) is 6.43 Å². The lowest BCUT2D eigenvalue weighted by Crippen LogP contribution is -2.02. The van der Waals surface area contributed by atoms with Gasteiger partial charge in [0, 0.05) is 23.7 Å². The highest BCUT2D eigenvalue weighted by Crippen LogP contribution is 2.32. The van der Waals surface area contributed by atoms with E-state index in [1.165, 1.54) is 12.1 Å². The molecule has 1 heterocycles. The second-order valence-corrected chi connectivity index (χ2v) is 4.16. The number of fused-ring (bicyclic) bond motifs is 1. The van der Waals surface area contributed by atoms with E-state index in [0.29, 0.717) is 24.2 Å². The first-order valence-corrected chi connectivity index (χ1v) is 6.35. The van der Waals surface area contributed by atoms with E-state index in [2.05, 4.69) is 10.3 Å². The van der Waals surface area contributed by atoms with Crippen LogP contribution in [-0.4, -0.2) is 18.1 Å². The van der Waals surface area contributed by atoms with E-state index < -0.39 is 12.2 Å². The fraction of sp³-hybridized carbons (Fsp3) is 0.357. The molecule has 0 aliphatic heterocycles. The second kappa shape index (κ2) is 5.98. The van der Waals surface area contributed by atoms with Crippen LogP contribution in [0.4, 0.5) is 18.9 Å². The smallest absolute Gasteiger partial charge is 0.280 e. The summed E-state index contributed by atoms with van der Waals surface area (Å²) in [5.41, 5.74) is 0.297. The minimum absolute atomic E-state index is 0.0887. The Bertz CT molecular complexity index is 617. The summed E-state index contributed by atoms with van der Waals surface area (Å²) >= 11 is 0. The van der Waals surface area contributed by atoms with Gasteiger partial charge in [0.05, 0.1) is 12.1 Å². The zero-order chi connectivity index (χ0) is 14.7. The number of benzene rings is 1. The molecule has 1 aromatic carbocycles. The number of hydrogen-bond donors (Lipinski definition) is 1. The van der Waals surface area contributed by atoms with Gasteiger partial charge in [-0.1, -0.05) is 0 Å². The van der Waals surface area contributed by atoms with Crippen LogP contribution in [0.3, 0.4) is 0 Å². The summed E-state index contributed by atoms with van der Waals surface area (Å²) in [7, 11) is 0. The lowest BCUT2D eigenvalue weighted by atomic mass is 10.1. The molecular weight excluding hydrogens is 269 g/mol. The third-order valence-electron chi connectivity index (χ3n) is 2.77. The van der Waals surface area contributed by atoms with Crippen LogP contribution in [0.1, 0.15) is 26.0 Å². The Kier molecular flexibility index (Phi) is 4.32. The van der Waals surface area contributed by atoms with Gasteiger partial charge in [-0.3, -0.25) is 0 Å². The first-order valence-electron chi connectivity index (χ1n) is 6.35. The number of rotatable bonds is 5. The maximum atomic E-state index is 13.8. The summed E-state index contributed by atoms with van der Waals surface area (Å²) < 4.78 is 44.6. The van der Waals surface area contributed by atoms with Crippen LogP contribution in [-0.2, 0) is 0 Å². The topological polar surface area (TPSA) is 34.2 Å². The molecule has 20 heavy (non-hydrogen) atoms. The van der Waals surface area contributed by atoms with Gasteiger partial charge in [-0.2, -0.15) is 0 Å². The summed E-state index contributed by atoms with van der Waals surface area (Å²) in [4.78, 5) is 3.79. The monoisotopic (exact) mass is 284 g/mol. The van der Waals surface area contributed by atoms with E-state index in [0.717, 1.165) is 6.07 Å². The predicted octanol–water partition coefficient (Wildman–Crippen LogP) is 4.14. The quantitative estimate of drug-likeness (QED) is 0.896. The maximum absolute atomic E-state index is 13.8. The number of alkyl halides is 2. The molecule has 0 aliphatic carbocycles. The Morgan fingerprint density at radius 2 is 2.00 bits per heavy atom. The van der Waals surface area contributed by atoms with Gasteiger partial charge in [0.2, 0.25) is 0 Å². The first kappa shape index (κ1) is 14.4. The molecule has 3 nitrogen and oxygen atoms in total. The zero-order valence-corrected chi connectivity index (χ0v) is 11.2. The van der Waals surface area contributed by atoms with Crippen molar-refractivity contribution >= 4 is 16.6 Å². The van der Waals surface area contributed by atoms with Crippen molar-refractivity contribution < 1.29 is 17.9 Å². The minimum Gasteiger partial charge on any atom is -0.491 e. The predicted molar refractivity (Wildman–Crippen MR) is 72.0 cm³/mol. The van der Waals surface area contributed by atoms with Gasteiger partial charge in [0.15, 0.2) is 11.6 Å². The van der Waals surface area contributed by atoms with E-state index in [4.69, 9.17) is 4.74 Å². The summed E-state index contributed by atoms with van der Waals surface area (Å²) in [6.07, 6.45) is -2.70. The molecule has 1 N–H and O–H groups in total. The van der Waals surface area contributed by atoms with E-state index in [-0.39, 0.29) is 17.0 Å². The minimum atomic E-state index is -2.70. The molecule has 6 heteroatoms. The lowest BCUT2D eigenvalue weighted by molar-refractivity contribution is 0.146. The third kappa shape index (κ3) is 2.79. The average molecular weight is 284 g/mol. The van der Waals surface area contributed by atoms with Crippen LogP contribution in [0.5, 0.6) is 5.75 Å². The number of pyridine rings is 1. The number of nitrogens with zero attached hydrogens (tertiary/aromatic N) is 1. The van der Waals surface area contributed by atoms with Crippen LogP contribution in [0.25, 0.3) is 10.9 Å². The molecule has 0 atom stereocenters. The van der Waals surface area contributed by atoms with Crippen molar-refractivity contribution in [1.82, 2.24) is 4.98 Å². The molecule has 0 bridgehead atoms. The van der Waals surface area contributed by atoms with Gasteiger partial charge < -0.3 is 10.1 Å². The number of hydrogen-bond acceptors (Lipinski definition) is 3. The highest BCUT2D eigenvalue weighted by Gasteiger charge is 2.15. The van der Waals surface area contributed by atoms with Crippen LogP contribution in [0.15, 0.2) is 18.2 Å². The normalized spacial score (nSPS) is 11.1. The number of aromatic nitrogens is 1. The van der Waals surface area contributed by atoms with Crippen LogP contribution in [0, 0.1) is 5.82 Å². The maximum Gasteiger partial charge on any atom is 0.280 e. The van der Waals surface area contributed by atoms with Crippen LogP contribution in [0.2, 0.25) is 0 Å². The molecule has 0 radical (unpaired) electrons. The second-order valence-electron chi connectivity index (χ2n) is 4.16. The molecule has 0 fully saturated rings. The lowest BCUT2D eigenvalue weighted by Gasteiger charge is -2.12. The summed E-state index contributed by atoms with van der Waals surface area (Å²) in [6, 6.07) is 3.88. The zero-order valence-electron chi connectivity index (χ0n) is 11.2. The SMILES string of the molecule is CCNc1cc(C(F)F)nc2cc(F)c(OCC)cc12. The molecular formula is C14H15F3N2O. The molecule has 0 saturated heterocycles. The van der Waals surface area contributed by atoms with Crippen molar-refractivity contribution in [3.8, 4) is 5.75 Å². The van der Waals surface area contributed by atoms with Crippen molar-refractivity contribution in [2.45, 2.75) is 20.3 Å². The van der Waals surface area contributed by atoms with Gasteiger partial charge >= 0.3 is 0 Å². The Labute approximate surface area is 114 Å². The van der Waals surface area contributed by atoms with Crippen molar-refractivity contribution in [3.63, 3.8) is 0 Å². The first-order chi connectivity index (χ1) is 9.56. The van der Waals surface area contributed by atoms with Crippen LogP contribution >= 0.6 is 0 Å². The summed E-state index contributed by atoms with van der Waals surface area (Å²) in [5, 5.41) is 3.54. The van der Waals surface area contributed by atoms with Crippen molar-refractivity contribution in [1.29, 1.82) is 0 Å². The largest absolute Gasteiger partial charge is 0.491 e. The number of nitrogens with one attached hydrogen (secondary N) is 1. The number of ether oxygens (including phenoxy) is 1. The summed E-state index contributed by atoms with van der Waals surface area (Å²) in [5.74, 6) is -0.522. The van der Waals surface area contributed by atoms with Crippen LogP contribution < -0.4 is 10.1 Å². The summed E-state index contributed by atoms with van der Waals surface area (Å²) in [6.45, 7) is 4.47. The molecule has 2 aromatic rings. The average Bonchev–Trinajstić information content (AvgIpc) is 2.40. The van der Waals surface area contributed by atoms with Gasteiger partial charge in [0.1, 0.15) is 5.69 Å². The number of halogens is 3. The van der Waals surface area contributed by atoms with E-state index in [1.807, 2.05) is 6.92 Å². The molecule has 0 amide bonds. The Morgan fingerprint density at radius 3 is 2.60 bits per heavy atom. The fourth-order valence-corrected chi connectivity index (χ4v) is 1.96. The van der Waals surface area contributed by atoms with Crippen molar-refractivity contribution in [3.05, 3.63) is 29.7 Å². The van der Waals surface area contributed by atoms with Gasteiger partial charge in [-0.05, 0) is 26.0 Å². The Hall–Kier alpha value is -1.98. The highest BCUT2D eigenvalue weighted by molar-refractivity contribution is 5.92. The molecule has 1 aromatic heterocycles. The molecule has 108 valence electrons. The van der Waals surface area contributed by atoms with Gasteiger partial charge in [-0.25, -0.2) is 18.2 Å². The standard InChI is InChI=1S/C14H15F3N2O/c1-3-18-10-7-12(14(16)17)19-11-6-9(15)13(20-4-2)5-8(10)11/h5-7,14H,3-4H2,1-2H3,(H,18,19). The van der Waals surface area contributed by atoms with E-state index in [1.54, 1.807) is 6.92 Å². The van der Waals surface area contributed by atoms with E-state index >= 15 is 0 Å². The van der Waals surface area contributed by atoms with Crippen molar-refractivity contribution in [2.75, 3.05) is 18.5 Å². The molecule has 0 spiro atoms.